The summed E-state index contributed by atoms with van der Waals surface area (Å²) in [4.78, 5) is 13.5. The Morgan fingerprint density at radius 2 is 1.88 bits per heavy atom. The van der Waals surface area contributed by atoms with Crippen molar-refractivity contribution in [3.63, 3.8) is 0 Å². The summed E-state index contributed by atoms with van der Waals surface area (Å²) in [5.74, 6) is 0.573. The molecule has 2 N–H and O–H groups in total. The Labute approximate surface area is 199 Å². The van der Waals surface area contributed by atoms with Gasteiger partial charge in [0.1, 0.15) is 5.01 Å². The lowest BCUT2D eigenvalue weighted by Crippen LogP contribution is -2.34. The maximum absolute atomic E-state index is 12.7. The van der Waals surface area contributed by atoms with Crippen molar-refractivity contribution in [1.82, 2.24) is 25.1 Å². The van der Waals surface area contributed by atoms with Crippen molar-refractivity contribution >= 4 is 56.0 Å². The molecular weight excluding hydrogens is 452 g/mol. The number of nitrogens with zero attached hydrogens (tertiary/aromatic N) is 4. The number of anilines is 1. The van der Waals surface area contributed by atoms with Gasteiger partial charge in [-0.15, -0.1) is 10.2 Å². The second kappa shape index (κ2) is 8.68. The van der Waals surface area contributed by atoms with Crippen molar-refractivity contribution in [2.45, 2.75) is 20.3 Å². The largest absolute Gasteiger partial charge is 0.332 e. The Hall–Kier alpha value is -3.69. The summed E-state index contributed by atoms with van der Waals surface area (Å²) < 4.78 is 1.78. The van der Waals surface area contributed by atoms with E-state index in [0.717, 1.165) is 49.8 Å². The van der Waals surface area contributed by atoms with Crippen LogP contribution in [0.4, 0.5) is 5.69 Å². The number of hydrogen-bond donors (Lipinski definition) is 2. The van der Waals surface area contributed by atoms with Gasteiger partial charge in [0, 0.05) is 23.2 Å². The molecule has 0 bridgehead atoms. The van der Waals surface area contributed by atoms with Gasteiger partial charge in [0.2, 0.25) is 4.96 Å². The molecule has 0 fully saturated rings. The number of aromatic nitrogens is 4. The predicted molar refractivity (Wildman–Crippen MR) is 136 cm³/mol. The topological polar surface area (TPSA) is 84.2 Å². The van der Waals surface area contributed by atoms with Gasteiger partial charge in [0.15, 0.2) is 10.9 Å². The molecule has 2 heterocycles. The monoisotopic (exact) mass is 472 g/mol. The minimum absolute atomic E-state index is 0.236. The lowest BCUT2D eigenvalue weighted by molar-refractivity contribution is 0.0978. The number of nitrogens with one attached hydrogen (secondary N) is 2. The van der Waals surface area contributed by atoms with Crippen LogP contribution >= 0.6 is 23.6 Å². The van der Waals surface area contributed by atoms with Crippen molar-refractivity contribution in [2.24, 2.45) is 0 Å². The van der Waals surface area contributed by atoms with Gasteiger partial charge in [-0.2, -0.15) is 9.61 Å². The molecule has 0 atom stereocenters. The first-order valence-corrected chi connectivity index (χ1v) is 11.7. The number of aryl methyl sites for hydroxylation is 2. The highest BCUT2D eigenvalue weighted by Gasteiger charge is 2.14. The minimum atomic E-state index is -0.257. The maximum Gasteiger partial charge on any atom is 0.257 e. The van der Waals surface area contributed by atoms with Crippen molar-refractivity contribution in [1.29, 1.82) is 0 Å². The fourth-order valence-electron chi connectivity index (χ4n) is 3.54. The molecule has 0 aliphatic rings. The van der Waals surface area contributed by atoms with Crippen LogP contribution in [-0.2, 0) is 6.42 Å². The van der Waals surface area contributed by atoms with Crippen LogP contribution in [0.5, 0.6) is 0 Å². The van der Waals surface area contributed by atoms with Gasteiger partial charge < -0.3 is 5.32 Å². The van der Waals surface area contributed by atoms with Crippen molar-refractivity contribution in [2.75, 3.05) is 5.32 Å². The van der Waals surface area contributed by atoms with Gasteiger partial charge in [0.05, 0.1) is 0 Å². The standard InChI is InChI=1S/C24H20N6OS2/c1-3-20-27-28-24-30(20)29-22(33-24)18-9-8-14(2)19(13-18)25-23(32)26-21(31)17-11-10-15-6-4-5-7-16(15)12-17/h4-13H,3H2,1-2H3,(H2,25,26,31,32). The van der Waals surface area contributed by atoms with Crippen LogP contribution in [0.2, 0.25) is 0 Å². The number of fused-ring (bicyclic) bond motifs is 2. The van der Waals surface area contributed by atoms with Gasteiger partial charge >= 0.3 is 0 Å². The summed E-state index contributed by atoms with van der Waals surface area (Å²) in [6, 6.07) is 19.5. The molecule has 7 nitrogen and oxygen atoms in total. The molecule has 0 aliphatic heterocycles. The van der Waals surface area contributed by atoms with E-state index in [1.54, 1.807) is 10.6 Å². The van der Waals surface area contributed by atoms with E-state index in [2.05, 4.69) is 25.9 Å². The van der Waals surface area contributed by atoms with Crippen molar-refractivity contribution in [3.8, 4) is 10.6 Å². The summed E-state index contributed by atoms with van der Waals surface area (Å²) in [6.45, 7) is 4.00. The quantitative estimate of drug-likeness (QED) is 0.358. The second-order valence-corrected chi connectivity index (χ2v) is 8.94. The number of thiocarbonyl (C=S) groups is 1. The highest BCUT2D eigenvalue weighted by Crippen LogP contribution is 2.29. The Morgan fingerprint density at radius 3 is 2.70 bits per heavy atom. The van der Waals surface area contributed by atoms with Crippen molar-refractivity contribution in [3.05, 3.63) is 77.6 Å². The summed E-state index contributed by atoms with van der Waals surface area (Å²) in [5, 5.41) is 22.1. The van der Waals surface area contributed by atoms with Crippen LogP contribution < -0.4 is 10.6 Å². The molecule has 0 spiro atoms. The fourth-order valence-corrected chi connectivity index (χ4v) is 4.60. The van der Waals surface area contributed by atoms with E-state index >= 15 is 0 Å². The van der Waals surface area contributed by atoms with Crippen LogP contribution in [0, 0.1) is 6.92 Å². The Morgan fingerprint density at radius 1 is 1.06 bits per heavy atom. The minimum Gasteiger partial charge on any atom is -0.332 e. The molecule has 5 rings (SSSR count). The number of carbonyl (C=O) groups is 1. The van der Waals surface area contributed by atoms with Gasteiger partial charge in [-0.25, -0.2) is 0 Å². The molecule has 0 radical (unpaired) electrons. The number of amides is 1. The second-order valence-electron chi connectivity index (χ2n) is 7.57. The summed E-state index contributed by atoms with van der Waals surface area (Å²) >= 11 is 6.90. The van der Waals surface area contributed by atoms with E-state index < -0.39 is 0 Å². The molecular formula is C24H20N6OS2. The van der Waals surface area contributed by atoms with Crippen molar-refractivity contribution < 1.29 is 4.79 Å². The number of hydrogen-bond acceptors (Lipinski definition) is 6. The van der Waals surface area contributed by atoms with Gasteiger partial charge in [-0.3, -0.25) is 10.1 Å². The SMILES string of the molecule is CCc1nnc2sc(-c3ccc(C)c(NC(=S)NC(=O)c4ccc5ccccc5c4)c3)nn12. The maximum atomic E-state index is 12.7. The Kier molecular flexibility index (Phi) is 5.57. The molecule has 0 saturated heterocycles. The van der Waals surface area contributed by atoms with Crippen LogP contribution in [-0.4, -0.2) is 30.8 Å². The third-order valence-electron chi connectivity index (χ3n) is 5.34. The third-order valence-corrected chi connectivity index (χ3v) is 6.50. The van der Waals surface area contributed by atoms with Crippen LogP contribution in [0.15, 0.2) is 60.7 Å². The van der Waals surface area contributed by atoms with Gasteiger partial charge in [0.25, 0.3) is 5.91 Å². The zero-order valence-corrected chi connectivity index (χ0v) is 19.6. The van der Waals surface area contributed by atoms with E-state index in [1.807, 2.05) is 68.4 Å². The first kappa shape index (κ1) is 21.2. The summed E-state index contributed by atoms with van der Waals surface area (Å²) in [7, 11) is 0. The highest BCUT2D eigenvalue weighted by atomic mass is 32.1. The molecule has 3 aromatic carbocycles. The average molecular weight is 473 g/mol. The van der Waals surface area contributed by atoms with Gasteiger partial charge in [-0.1, -0.05) is 60.7 Å². The third kappa shape index (κ3) is 4.20. The molecule has 2 aromatic heterocycles. The average Bonchev–Trinajstić information content (AvgIpc) is 3.41. The zero-order chi connectivity index (χ0) is 22.9. The molecule has 5 aromatic rings. The Balaban J connectivity index is 1.34. The van der Waals surface area contributed by atoms with E-state index in [9.17, 15) is 4.79 Å². The van der Waals surface area contributed by atoms with Crippen LogP contribution in [0.3, 0.4) is 0 Å². The predicted octanol–water partition coefficient (Wildman–Crippen LogP) is 5.00. The molecule has 1 amide bonds. The van der Waals surface area contributed by atoms with Crippen LogP contribution in [0.25, 0.3) is 26.3 Å². The number of benzene rings is 3. The summed E-state index contributed by atoms with van der Waals surface area (Å²) in [5.41, 5.74) is 3.29. The number of carbonyl (C=O) groups excluding carboxylic acids is 1. The molecule has 33 heavy (non-hydrogen) atoms. The molecule has 0 aliphatic carbocycles. The van der Waals surface area contributed by atoms with E-state index in [4.69, 9.17) is 12.2 Å². The fraction of sp³-hybridized carbons (Fsp3) is 0.125. The van der Waals surface area contributed by atoms with Crippen LogP contribution in [0.1, 0.15) is 28.7 Å². The first-order chi connectivity index (χ1) is 16.0. The molecule has 0 unspecified atom stereocenters. The Bertz CT molecular complexity index is 1520. The number of rotatable bonds is 4. The van der Waals surface area contributed by atoms with E-state index in [-0.39, 0.29) is 11.0 Å². The summed E-state index contributed by atoms with van der Waals surface area (Å²) in [6.07, 6.45) is 0.760. The highest BCUT2D eigenvalue weighted by molar-refractivity contribution is 7.80. The lowest BCUT2D eigenvalue weighted by Gasteiger charge is -2.13. The smallest absolute Gasteiger partial charge is 0.257 e. The lowest BCUT2D eigenvalue weighted by atomic mass is 10.1. The molecule has 164 valence electrons. The normalized spacial score (nSPS) is 11.1. The first-order valence-electron chi connectivity index (χ1n) is 10.4. The molecule has 9 heteroatoms. The molecule has 0 saturated carbocycles. The van der Waals surface area contributed by atoms with Gasteiger partial charge in [-0.05, 0) is 53.7 Å². The zero-order valence-electron chi connectivity index (χ0n) is 18.0. The van der Waals surface area contributed by atoms with E-state index in [0.29, 0.717) is 5.56 Å². The van der Waals surface area contributed by atoms with E-state index in [1.165, 1.54) is 11.3 Å².